The van der Waals surface area contributed by atoms with Crippen molar-refractivity contribution in [1.82, 2.24) is 4.98 Å². The van der Waals surface area contributed by atoms with Crippen molar-refractivity contribution in [3.05, 3.63) is 46.6 Å². The van der Waals surface area contributed by atoms with Crippen LogP contribution in [0.15, 0.2) is 29.3 Å². The number of aromatic nitrogens is 1. The lowest BCUT2D eigenvalue weighted by atomic mass is 10.1. The van der Waals surface area contributed by atoms with E-state index < -0.39 is 10.0 Å². The number of rotatable bonds is 3. The summed E-state index contributed by atoms with van der Waals surface area (Å²) < 4.78 is 27.7. The molecule has 0 aliphatic heterocycles. The fraction of sp³-hybridized carbons (Fsp3) is 0.267. The number of aryl methyl sites for hydroxylation is 3. The average molecular weight is 305 g/mol. The minimum atomic E-state index is -3.72. The van der Waals surface area contributed by atoms with Gasteiger partial charge in [-0.1, -0.05) is 6.07 Å². The highest BCUT2D eigenvalue weighted by Crippen LogP contribution is 2.29. The molecular weight excluding hydrogens is 286 g/mol. The van der Waals surface area contributed by atoms with Crippen LogP contribution in [0.5, 0.6) is 0 Å². The Morgan fingerprint density at radius 2 is 1.76 bits per heavy atom. The summed E-state index contributed by atoms with van der Waals surface area (Å²) in [4.78, 5) is 4.24. The highest BCUT2D eigenvalue weighted by atomic mass is 32.2. The number of sulfonamides is 1. The van der Waals surface area contributed by atoms with Crippen molar-refractivity contribution in [2.45, 2.75) is 32.6 Å². The zero-order chi connectivity index (χ0) is 15.8. The van der Waals surface area contributed by atoms with Crippen molar-refractivity contribution in [3.63, 3.8) is 0 Å². The summed E-state index contributed by atoms with van der Waals surface area (Å²) in [5.74, 6) is 0.299. The second-order valence-electron chi connectivity index (χ2n) is 5.20. The zero-order valence-electron chi connectivity index (χ0n) is 12.6. The lowest BCUT2D eigenvalue weighted by Gasteiger charge is -2.16. The van der Waals surface area contributed by atoms with Gasteiger partial charge in [0.2, 0.25) is 0 Å². The summed E-state index contributed by atoms with van der Waals surface area (Å²) in [7, 11) is -3.72. The molecule has 0 amide bonds. The number of hydrogen-bond acceptors (Lipinski definition) is 4. The molecule has 5 nitrogen and oxygen atoms in total. The molecule has 1 aromatic heterocycles. The fourth-order valence-corrected chi connectivity index (χ4v) is 3.86. The maximum Gasteiger partial charge on any atom is 0.263 e. The largest absolute Gasteiger partial charge is 0.398 e. The molecule has 112 valence electrons. The van der Waals surface area contributed by atoms with Crippen LogP contribution in [0.25, 0.3) is 0 Å². The van der Waals surface area contributed by atoms with Crippen LogP contribution < -0.4 is 10.5 Å². The minimum absolute atomic E-state index is 0.217. The molecular formula is C15H19N3O2S. The maximum atomic E-state index is 12.6. The van der Waals surface area contributed by atoms with E-state index in [1.165, 1.54) is 0 Å². The monoisotopic (exact) mass is 305 g/mol. The molecule has 0 aliphatic carbocycles. The van der Waals surface area contributed by atoms with E-state index in [9.17, 15) is 8.42 Å². The smallest absolute Gasteiger partial charge is 0.263 e. The van der Waals surface area contributed by atoms with Crippen LogP contribution in [0.3, 0.4) is 0 Å². The Morgan fingerprint density at radius 1 is 1.10 bits per heavy atom. The summed E-state index contributed by atoms with van der Waals surface area (Å²) in [6.45, 7) is 7.21. The quantitative estimate of drug-likeness (QED) is 0.854. The number of benzene rings is 1. The molecule has 3 N–H and O–H groups in total. The van der Waals surface area contributed by atoms with E-state index in [4.69, 9.17) is 5.73 Å². The van der Waals surface area contributed by atoms with Gasteiger partial charge in [-0.25, -0.2) is 13.4 Å². The van der Waals surface area contributed by atoms with E-state index in [1.54, 1.807) is 38.2 Å². The molecule has 0 fully saturated rings. The predicted octanol–water partition coefficient (Wildman–Crippen LogP) is 2.70. The first kappa shape index (κ1) is 15.3. The highest BCUT2D eigenvalue weighted by Gasteiger charge is 2.22. The van der Waals surface area contributed by atoms with Crippen LogP contribution in [0, 0.1) is 27.7 Å². The Labute approximate surface area is 125 Å². The minimum Gasteiger partial charge on any atom is -0.398 e. The van der Waals surface area contributed by atoms with Gasteiger partial charge in [-0.3, -0.25) is 4.72 Å². The summed E-state index contributed by atoms with van der Waals surface area (Å²) in [5, 5.41) is 0. The standard InChI is InChI=1S/C15H19N3O2S/c1-9-5-6-17-13(7-9)18-21(19,20)15-11(3)8-10(2)14(16)12(15)4/h5-8H,16H2,1-4H3,(H,17,18). The SMILES string of the molecule is Cc1ccnc(NS(=O)(=O)c2c(C)cc(C)c(N)c2C)c1. The van der Waals surface area contributed by atoms with Crippen LogP contribution >= 0.6 is 0 Å². The second kappa shape index (κ2) is 5.37. The third-order valence-corrected chi connectivity index (χ3v) is 5.03. The summed E-state index contributed by atoms with van der Waals surface area (Å²) in [6.07, 6.45) is 1.57. The predicted molar refractivity (Wildman–Crippen MR) is 84.8 cm³/mol. The number of pyridine rings is 1. The van der Waals surface area contributed by atoms with Crippen LogP contribution in [-0.2, 0) is 10.0 Å². The van der Waals surface area contributed by atoms with Crippen molar-refractivity contribution in [2.75, 3.05) is 10.5 Å². The van der Waals surface area contributed by atoms with E-state index in [-0.39, 0.29) is 4.90 Å². The molecule has 0 saturated heterocycles. The first-order valence-corrected chi connectivity index (χ1v) is 8.02. The summed E-state index contributed by atoms with van der Waals surface area (Å²) >= 11 is 0. The molecule has 0 atom stereocenters. The molecule has 0 saturated carbocycles. The Hall–Kier alpha value is -2.08. The first-order chi connectivity index (χ1) is 9.72. The van der Waals surface area contributed by atoms with Gasteiger partial charge in [-0.05, 0) is 62.1 Å². The fourth-order valence-electron chi connectivity index (χ4n) is 2.38. The van der Waals surface area contributed by atoms with E-state index >= 15 is 0 Å². The van der Waals surface area contributed by atoms with E-state index in [2.05, 4.69) is 9.71 Å². The van der Waals surface area contributed by atoms with Gasteiger partial charge in [-0.2, -0.15) is 0 Å². The van der Waals surface area contributed by atoms with E-state index in [0.717, 1.165) is 11.1 Å². The van der Waals surface area contributed by atoms with Crippen molar-refractivity contribution in [1.29, 1.82) is 0 Å². The molecule has 2 aromatic rings. The molecule has 2 rings (SSSR count). The Morgan fingerprint density at radius 3 is 2.38 bits per heavy atom. The van der Waals surface area contributed by atoms with Crippen molar-refractivity contribution in [3.8, 4) is 0 Å². The van der Waals surface area contributed by atoms with Crippen molar-refractivity contribution < 1.29 is 8.42 Å². The van der Waals surface area contributed by atoms with Gasteiger partial charge in [0.1, 0.15) is 5.82 Å². The average Bonchev–Trinajstić information content (AvgIpc) is 2.35. The van der Waals surface area contributed by atoms with Crippen LogP contribution in [0.1, 0.15) is 22.3 Å². The van der Waals surface area contributed by atoms with Gasteiger partial charge in [0.15, 0.2) is 0 Å². The van der Waals surface area contributed by atoms with E-state index in [1.807, 2.05) is 13.8 Å². The topological polar surface area (TPSA) is 85.1 Å². The van der Waals surface area contributed by atoms with Gasteiger partial charge in [0, 0.05) is 11.9 Å². The maximum absolute atomic E-state index is 12.6. The van der Waals surface area contributed by atoms with Gasteiger partial charge >= 0.3 is 0 Å². The Balaban J connectivity index is 2.53. The van der Waals surface area contributed by atoms with Gasteiger partial charge < -0.3 is 5.73 Å². The van der Waals surface area contributed by atoms with Crippen LogP contribution in [0.4, 0.5) is 11.5 Å². The lowest BCUT2D eigenvalue weighted by Crippen LogP contribution is -2.17. The number of nitrogens with one attached hydrogen (secondary N) is 1. The van der Waals surface area contributed by atoms with E-state index in [0.29, 0.717) is 22.6 Å². The molecule has 0 bridgehead atoms. The van der Waals surface area contributed by atoms with Crippen molar-refractivity contribution >= 4 is 21.5 Å². The van der Waals surface area contributed by atoms with Gasteiger partial charge in [-0.15, -0.1) is 0 Å². The highest BCUT2D eigenvalue weighted by molar-refractivity contribution is 7.92. The molecule has 0 radical (unpaired) electrons. The van der Waals surface area contributed by atoms with Gasteiger partial charge in [0.05, 0.1) is 4.90 Å². The first-order valence-electron chi connectivity index (χ1n) is 6.54. The number of nitrogen functional groups attached to an aromatic ring is 1. The lowest BCUT2D eigenvalue weighted by molar-refractivity contribution is 0.600. The summed E-state index contributed by atoms with van der Waals surface area (Å²) in [6, 6.07) is 5.26. The number of anilines is 2. The molecule has 21 heavy (non-hydrogen) atoms. The molecule has 1 heterocycles. The third kappa shape index (κ3) is 3.00. The normalized spacial score (nSPS) is 11.4. The molecule has 6 heteroatoms. The summed E-state index contributed by atoms with van der Waals surface area (Å²) in [5.41, 5.74) is 9.49. The molecule has 0 aliphatic rings. The number of nitrogens with zero attached hydrogens (tertiary/aromatic N) is 1. The van der Waals surface area contributed by atoms with Crippen LogP contribution in [0.2, 0.25) is 0 Å². The second-order valence-corrected chi connectivity index (χ2v) is 6.82. The van der Waals surface area contributed by atoms with Crippen molar-refractivity contribution in [2.24, 2.45) is 0 Å². The Bertz CT molecular complexity index is 799. The van der Waals surface area contributed by atoms with Gasteiger partial charge in [0.25, 0.3) is 10.0 Å². The number of hydrogen-bond donors (Lipinski definition) is 2. The number of nitrogens with two attached hydrogens (primary N) is 1. The Kier molecular flexibility index (Phi) is 3.91. The third-order valence-electron chi connectivity index (χ3n) is 3.38. The molecule has 0 spiro atoms. The molecule has 0 unspecified atom stereocenters. The molecule has 1 aromatic carbocycles. The van der Waals surface area contributed by atoms with Crippen LogP contribution in [-0.4, -0.2) is 13.4 Å². The zero-order valence-corrected chi connectivity index (χ0v) is 13.4.